The summed E-state index contributed by atoms with van der Waals surface area (Å²) >= 11 is 0. The number of amides is 1. The van der Waals surface area contributed by atoms with Crippen LogP contribution in [0.2, 0.25) is 0 Å². The summed E-state index contributed by atoms with van der Waals surface area (Å²) in [6.45, 7) is 2.65. The molecule has 9 heteroatoms. The van der Waals surface area contributed by atoms with Crippen molar-refractivity contribution in [3.05, 3.63) is 48.0 Å². The molecule has 0 spiro atoms. The highest BCUT2D eigenvalue weighted by molar-refractivity contribution is 7.89. The van der Waals surface area contributed by atoms with Crippen molar-refractivity contribution >= 4 is 27.3 Å². The summed E-state index contributed by atoms with van der Waals surface area (Å²) in [5.74, 6) is -0.0482. The zero-order valence-corrected chi connectivity index (χ0v) is 18.4. The Labute approximate surface area is 182 Å². The van der Waals surface area contributed by atoms with Crippen molar-refractivity contribution < 1.29 is 17.9 Å². The van der Waals surface area contributed by atoms with Crippen LogP contribution in [0.1, 0.15) is 31.7 Å². The van der Waals surface area contributed by atoms with E-state index in [0.717, 1.165) is 19.3 Å². The number of ether oxygens (including phenoxy) is 1. The van der Waals surface area contributed by atoms with E-state index in [1.54, 1.807) is 43.3 Å². The Morgan fingerprint density at radius 1 is 1.13 bits per heavy atom. The molecule has 0 bridgehead atoms. The van der Waals surface area contributed by atoms with E-state index in [2.05, 4.69) is 10.6 Å². The number of methoxy groups -OCH3 is 1. The summed E-state index contributed by atoms with van der Waals surface area (Å²) in [5, 5.41) is 14.8. The number of rotatable bonds is 7. The minimum absolute atomic E-state index is 0.0798. The van der Waals surface area contributed by atoms with Gasteiger partial charge in [0.2, 0.25) is 15.9 Å². The van der Waals surface area contributed by atoms with Gasteiger partial charge in [-0.1, -0.05) is 12.5 Å². The minimum atomic E-state index is -3.70. The van der Waals surface area contributed by atoms with Gasteiger partial charge in [0, 0.05) is 24.5 Å². The van der Waals surface area contributed by atoms with Crippen LogP contribution < -0.4 is 15.4 Å². The van der Waals surface area contributed by atoms with Crippen LogP contribution >= 0.6 is 0 Å². The van der Waals surface area contributed by atoms with E-state index in [4.69, 9.17) is 10.00 Å². The van der Waals surface area contributed by atoms with Crippen LogP contribution in [0.4, 0.5) is 11.4 Å². The van der Waals surface area contributed by atoms with Crippen LogP contribution in [0.15, 0.2) is 47.4 Å². The van der Waals surface area contributed by atoms with Crippen LogP contribution in [0.25, 0.3) is 0 Å². The van der Waals surface area contributed by atoms with E-state index in [1.807, 2.05) is 6.07 Å². The lowest BCUT2D eigenvalue weighted by molar-refractivity contribution is -0.116. The average Bonchev–Trinajstić information content (AvgIpc) is 2.79. The molecule has 0 aromatic heterocycles. The monoisotopic (exact) mass is 442 g/mol. The third kappa shape index (κ3) is 5.34. The fourth-order valence-corrected chi connectivity index (χ4v) is 5.14. The number of nitrogens with zero attached hydrogens (tertiary/aromatic N) is 2. The van der Waals surface area contributed by atoms with Crippen LogP contribution in [-0.4, -0.2) is 44.9 Å². The molecule has 1 aliphatic heterocycles. The second kappa shape index (κ2) is 9.81. The van der Waals surface area contributed by atoms with Crippen LogP contribution in [0.3, 0.4) is 0 Å². The van der Waals surface area contributed by atoms with Crippen LogP contribution in [-0.2, 0) is 14.8 Å². The highest BCUT2D eigenvalue weighted by Crippen LogP contribution is 2.31. The molecule has 1 aliphatic rings. The van der Waals surface area contributed by atoms with Gasteiger partial charge in [-0.05, 0) is 56.2 Å². The predicted molar refractivity (Wildman–Crippen MR) is 118 cm³/mol. The Morgan fingerprint density at radius 2 is 1.87 bits per heavy atom. The molecule has 1 atom stereocenters. The molecule has 0 saturated carbocycles. The zero-order chi connectivity index (χ0) is 22.4. The number of carbonyl (C=O) groups excluding carboxylic acids is 1. The largest absolute Gasteiger partial charge is 0.495 e. The fraction of sp³-hybridized carbons (Fsp3) is 0.364. The van der Waals surface area contributed by atoms with E-state index >= 15 is 0 Å². The van der Waals surface area contributed by atoms with E-state index in [1.165, 1.54) is 17.5 Å². The van der Waals surface area contributed by atoms with Gasteiger partial charge in [0.15, 0.2) is 0 Å². The molecule has 0 aliphatic carbocycles. The number of hydrogen-bond donors (Lipinski definition) is 2. The maximum atomic E-state index is 13.2. The molecule has 2 N–H and O–H groups in total. The molecular formula is C22H26N4O4S. The highest BCUT2D eigenvalue weighted by atomic mass is 32.2. The van der Waals surface area contributed by atoms with Gasteiger partial charge in [0.25, 0.3) is 0 Å². The van der Waals surface area contributed by atoms with E-state index < -0.39 is 16.1 Å². The Balaban J connectivity index is 1.77. The molecule has 1 amide bonds. The molecule has 1 fully saturated rings. The first-order valence-electron chi connectivity index (χ1n) is 10.1. The number of nitriles is 1. The number of hydrogen-bond acceptors (Lipinski definition) is 6. The summed E-state index contributed by atoms with van der Waals surface area (Å²) in [5.41, 5.74) is 1.45. The topological polar surface area (TPSA) is 112 Å². The number of carbonyl (C=O) groups is 1. The fourth-order valence-electron chi connectivity index (χ4n) is 3.44. The second-order valence-corrected chi connectivity index (χ2v) is 9.28. The van der Waals surface area contributed by atoms with Gasteiger partial charge in [0.1, 0.15) is 16.7 Å². The standard InChI is InChI=1S/C22H26N4O4S/c1-16(22(27)25-18-8-6-7-17(13-18)15-23)24-19-9-10-20(30-2)21(14-19)31(28,29)26-11-4-3-5-12-26/h6-10,13-14,16,24H,3-5,11-12H2,1-2H3,(H,25,27)/t16-/m0/s1. The second-order valence-electron chi connectivity index (χ2n) is 7.38. The number of nitrogens with one attached hydrogen (secondary N) is 2. The van der Waals surface area contributed by atoms with Crippen molar-refractivity contribution in [2.45, 2.75) is 37.1 Å². The molecule has 0 unspecified atom stereocenters. The maximum Gasteiger partial charge on any atom is 0.246 e. The molecule has 2 aromatic rings. The third-order valence-corrected chi connectivity index (χ3v) is 7.05. The number of sulfonamides is 1. The Kier molecular flexibility index (Phi) is 7.15. The predicted octanol–water partition coefficient (Wildman–Crippen LogP) is 3.18. The van der Waals surface area contributed by atoms with Crippen molar-refractivity contribution in [3.8, 4) is 11.8 Å². The van der Waals surface area contributed by atoms with Crippen molar-refractivity contribution in [2.75, 3.05) is 30.8 Å². The van der Waals surface area contributed by atoms with Crippen molar-refractivity contribution in [1.82, 2.24) is 4.31 Å². The Hall–Kier alpha value is -3.09. The molecule has 3 rings (SSSR count). The number of piperidine rings is 1. The third-order valence-electron chi connectivity index (χ3n) is 5.13. The first-order chi connectivity index (χ1) is 14.8. The van der Waals surface area contributed by atoms with Gasteiger partial charge in [-0.3, -0.25) is 4.79 Å². The van der Waals surface area contributed by atoms with E-state index in [-0.39, 0.29) is 16.6 Å². The normalized spacial score (nSPS) is 15.5. The van der Waals surface area contributed by atoms with Crippen LogP contribution in [0, 0.1) is 11.3 Å². The summed E-state index contributed by atoms with van der Waals surface area (Å²) in [7, 11) is -2.27. The summed E-state index contributed by atoms with van der Waals surface area (Å²) in [6.07, 6.45) is 2.70. The molecule has 164 valence electrons. The number of anilines is 2. The van der Waals surface area contributed by atoms with Crippen molar-refractivity contribution in [1.29, 1.82) is 5.26 Å². The van der Waals surface area contributed by atoms with Crippen molar-refractivity contribution in [2.24, 2.45) is 0 Å². The average molecular weight is 443 g/mol. The first kappa shape index (κ1) is 22.6. The summed E-state index contributed by atoms with van der Waals surface area (Å²) in [6, 6.07) is 12.8. The van der Waals surface area contributed by atoms with Crippen LogP contribution in [0.5, 0.6) is 5.75 Å². The molecule has 1 heterocycles. The van der Waals surface area contributed by atoms with Gasteiger partial charge >= 0.3 is 0 Å². The summed E-state index contributed by atoms with van der Waals surface area (Å²) in [4.78, 5) is 12.6. The lowest BCUT2D eigenvalue weighted by atomic mass is 10.2. The molecule has 8 nitrogen and oxygen atoms in total. The Bertz CT molecular complexity index is 1090. The molecule has 0 radical (unpaired) electrons. The highest BCUT2D eigenvalue weighted by Gasteiger charge is 2.29. The maximum absolute atomic E-state index is 13.2. The quantitative estimate of drug-likeness (QED) is 0.681. The van der Waals surface area contributed by atoms with Gasteiger partial charge in [-0.25, -0.2) is 8.42 Å². The minimum Gasteiger partial charge on any atom is -0.495 e. The molecular weight excluding hydrogens is 416 g/mol. The Morgan fingerprint density at radius 3 is 2.55 bits per heavy atom. The van der Waals surface area contributed by atoms with E-state index in [9.17, 15) is 13.2 Å². The SMILES string of the molecule is COc1ccc(N[C@@H](C)C(=O)Nc2cccc(C#N)c2)cc1S(=O)(=O)N1CCCCC1. The number of benzene rings is 2. The van der Waals surface area contributed by atoms with Gasteiger partial charge < -0.3 is 15.4 Å². The molecule has 2 aromatic carbocycles. The van der Waals surface area contributed by atoms with Gasteiger partial charge in [0.05, 0.1) is 18.7 Å². The lowest BCUT2D eigenvalue weighted by Gasteiger charge is -2.27. The smallest absolute Gasteiger partial charge is 0.246 e. The van der Waals surface area contributed by atoms with Gasteiger partial charge in [-0.2, -0.15) is 9.57 Å². The lowest BCUT2D eigenvalue weighted by Crippen LogP contribution is -2.36. The molecule has 31 heavy (non-hydrogen) atoms. The van der Waals surface area contributed by atoms with E-state index in [0.29, 0.717) is 30.0 Å². The molecule has 1 saturated heterocycles. The zero-order valence-electron chi connectivity index (χ0n) is 17.6. The first-order valence-corrected chi connectivity index (χ1v) is 11.5. The van der Waals surface area contributed by atoms with Gasteiger partial charge in [-0.15, -0.1) is 0 Å². The summed E-state index contributed by atoms with van der Waals surface area (Å²) < 4.78 is 33.1. The van der Waals surface area contributed by atoms with Crippen molar-refractivity contribution in [3.63, 3.8) is 0 Å².